The van der Waals surface area contributed by atoms with Crippen LogP contribution < -0.4 is 5.73 Å². The van der Waals surface area contributed by atoms with Gasteiger partial charge >= 0.3 is 0 Å². The maximum Gasteiger partial charge on any atom is 0.161 e. The molecule has 0 amide bonds. The number of halogens is 2. The van der Waals surface area contributed by atoms with Crippen LogP contribution in [0.15, 0.2) is 48.2 Å². The smallest absolute Gasteiger partial charge is 0.161 e. The molecule has 2 N–H and O–H groups in total. The second-order valence-corrected chi connectivity index (χ2v) is 6.96. The molecule has 0 aromatic heterocycles. The Hall–Kier alpha value is -2.16. The maximum absolute atomic E-state index is 12.6. The molecule has 148 valence electrons. The summed E-state index contributed by atoms with van der Waals surface area (Å²) in [5.74, 6) is -0.995. The van der Waals surface area contributed by atoms with Crippen molar-refractivity contribution in [2.75, 3.05) is 0 Å². The van der Waals surface area contributed by atoms with Gasteiger partial charge in [-0.15, -0.1) is 0 Å². The van der Waals surface area contributed by atoms with Crippen LogP contribution in [0.4, 0.5) is 8.78 Å². The summed E-state index contributed by atoms with van der Waals surface area (Å²) in [5.41, 5.74) is 10.1. The fourth-order valence-electron chi connectivity index (χ4n) is 2.76. The number of benzene rings is 2. The highest BCUT2D eigenvalue weighted by Gasteiger charge is 2.05. The molecular formula is C24H33F2N. The van der Waals surface area contributed by atoms with Crippen molar-refractivity contribution in [3.8, 4) is 0 Å². The molecule has 0 heterocycles. The molecule has 0 aliphatic rings. The Kier molecular flexibility index (Phi) is 10.4. The van der Waals surface area contributed by atoms with Crippen LogP contribution in [0.1, 0.15) is 63.1 Å². The number of unbranched alkanes of at least 4 members (excludes halogenated alkanes) is 2. The van der Waals surface area contributed by atoms with E-state index in [9.17, 15) is 8.78 Å². The first-order valence-electron chi connectivity index (χ1n) is 9.86. The lowest BCUT2D eigenvalue weighted by molar-refractivity contribution is 0.500. The van der Waals surface area contributed by atoms with Crippen molar-refractivity contribution in [1.82, 2.24) is 0 Å². The second kappa shape index (κ2) is 12.3. The molecule has 0 aliphatic heterocycles. The van der Waals surface area contributed by atoms with E-state index in [1.165, 1.54) is 42.9 Å². The Labute approximate surface area is 163 Å². The number of aryl methyl sites for hydroxylation is 2. The van der Waals surface area contributed by atoms with Crippen molar-refractivity contribution in [2.24, 2.45) is 11.7 Å². The van der Waals surface area contributed by atoms with Crippen LogP contribution in [0.5, 0.6) is 0 Å². The van der Waals surface area contributed by atoms with E-state index in [0.29, 0.717) is 17.9 Å². The van der Waals surface area contributed by atoms with Crippen LogP contribution in [0, 0.1) is 24.5 Å². The fraction of sp³-hybridized carbons (Fsp3) is 0.417. The summed E-state index contributed by atoms with van der Waals surface area (Å²) in [5, 5.41) is 0. The standard InChI is InChI=1S/C16H25N.C8H8F2/c1-4-5-6-10-14(3)16(17)12-15-11-8-7-9-13(15)2;1-2-6-4-3-5-7(9)8(6)10/h7-9,11-12,14H,4-6,10,17H2,1-3H3;3-5H,2H2,1H3/b16-12-;. The third kappa shape index (κ3) is 7.94. The Morgan fingerprint density at radius 2 is 1.74 bits per heavy atom. The highest BCUT2D eigenvalue weighted by Crippen LogP contribution is 2.18. The highest BCUT2D eigenvalue weighted by atomic mass is 19.2. The molecule has 0 aliphatic carbocycles. The van der Waals surface area contributed by atoms with Crippen molar-refractivity contribution in [3.63, 3.8) is 0 Å². The number of rotatable bonds is 7. The lowest BCUT2D eigenvalue weighted by Crippen LogP contribution is -2.08. The van der Waals surface area contributed by atoms with Crippen LogP contribution in [0.3, 0.4) is 0 Å². The molecule has 0 radical (unpaired) electrons. The van der Waals surface area contributed by atoms with Crippen molar-refractivity contribution in [2.45, 2.75) is 59.8 Å². The van der Waals surface area contributed by atoms with E-state index in [2.05, 4.69) is 51.1 Å². The topological polar surface area (TPSA) is 26.0 Å². The fourth-order valence-corrected chi connectivity index (χ4v) is 2.76. The van der Waals surface area contributed by atoms with E-state index in [0.717, 1.165) is 11.8 Å². The summed E-state index contributed by atoms with van der Waals surface area (Å²) >= 11 is 0. The largest absolute Gasteiger partial charge is 0.402 e. The lowest BCUT2D eigenvalue weighted by Gasteiger charge is -2.12. The van der Waals surface area contributed by atoms with Crippen LogP contribution >= 0.6 is 0 Å². The molecular weight excluding hydrogens is 340 g/mol. The summed E-state index contributed by atoms with van der Waals surface area (Å²) in [4.78, 5) is 0. The highest BCUT2D eigenvalue weighted by molar-refractivity contribution is 5.56. The molecule has 2 aromatic rings. The molecule has 2 aromatic carbocycles. The SMILES string of the molecule is CCCCCC(C)/C(N)=C/c1ccccc1C.CCc1cccc(F)c1F. The third-order valence-electron chi connectivity index (χ3n) is 4.73. The van der Waals surface area contributed by atoms with Crippen molar-refractivity contribution >= 4 is 6.08 Å². The minimum atomic E-state index is -0.764. The van der Waals surface area contributed by atoms with Crippen molar-refractivity contribution in [1.29, 1.82) is 0 Å². The van der Waals surface area contributed by atoms with Gasteiger partial charge < -0.3 is 5.73 Å². The monoisotopic (exact) mass is 373 g/mol. The minimum Gasteiger partial charge on any atom is -0.402 e. The zero-order chi connectivity index (χ0) is 20.2. The summed E-state index contributed by atoms with van der Waals surface area (Å²) < 4.78 is 25.0. The van der Waals surface area contributed by atoms with E-state index >= 15 is 0 Å². The quantitative estimate of drug-likeness (QED) is 0.518. The van der Waals surface area contributed by atoms with Gasteiger partial charge in [-0.2, -0.15) is 0 Å². The minimum absolute atomic E-state index is 0.431. The van der Waals surface area contributed by atoms with Gasteiger partial charge in [0.1, 0.15) is 0 Å². The number of nitrogens with two attached hydrogens (primary N) is 1. The second-order valence-electron chi connectivity index (χ2n) is 6.96. The first kappa shape index (κ1) is 22.9. The summed E-state index contributed by atoms with van der Waals surface area (Å²) in [7, 11) is 0. The zero-order valence-electron chi connectivity index (χ0n) is 17.1. The summed E-state index contributed by atoms with van der Waals surface area (Å²) in [6.07, 6.45) is 7.72. The van der Waals surface area contributed by atoms with E-state index in [1.54, 1.807) is 13.0 Å². The first-order chi connectivity index (χ1) is 12.9. The third-order valence-corrected chi connectivity index (χ3v) is 4.73. The normalized spacial score (nSPS) is 12.3. The van der Waals surface area contributed by atoms with Crippen LogP contribution in [-0.4, -0.2) is 0 Å². The average molecular weight is 374 g/mol. The summed E-state index contributed by atoms with van der Waals surface area (Å²) in [6.45, 7) is 8.37. The molecule has 0 saturated heterocycles. The zero-order valence-corrected chi connectivity index (χ0v) is 17.1. The Morgan fingerprint density at radius 1 is 1.04 bits per heavy atom. The van der Waals surface area contributed by atoms with Gasteiger partial charge in [-0.05, 0) is 54.5 Å². The molecule has 3 heteroatoms. The molecule has 0 saturated carbocycles. The predicted molar refractivity (Wildman–Crippen MR) is 112 cm³/mol. The molecule has 1 atom stereocenters. The molecule has 0 bridgehead atoms. The molecule has 27 heavy (non-hydrogen) atoms. The first-order valence-corrected chi connectivity index (χ1v) is 9.86. The Balaban J connectivity index is 0.000000309. The average Bonchev–Trinajstić information content (AvgIpc) is 2.66. The van der Waals surface area contributed by atoms with Crippen molar-refractivity contribution in [3.05, 3.63) is 76.5 Å². The van der Waals surface area contributed by atoms with Crippen LogP contribution in [0.25, 0.3) is 6.08 Å². The molecule has 2 rings (SSSR count). The molecule has 1 nitrogen and oxygen atoms in total. The van der Waals surface area contributed by atoms with Crippen LogP contribution in [-0.2, 0) is 6.42 Å². The molecule has 1 unspecified atom stereocenters. The van der Waals surface area contributed by atoms with Crippen LogP contribution in [0.2, 0.25) is 0 Å². The van der Waals surface area contributed by atoms with Gasteiger partial charge in [0.25, 0.3) is 0 Å². The van der Waals surface area contributed by atoms with E-state index in [1.807, 2.05) is 0 Å². The Morgan fingerprint density at radius 3 is 2.33 bits per heavy atom. The van der Waals surface area contributed by atoms with Gasteiger partial charge in [0, 0.05) is 5.70 Å². The summed E-state index contributed by atoms with van der Waals surface area (Å²) in [6, 6.07) is 12.6. The number of allylic oxidation sites excluding steroid dienone is 1. The number of hydrogen-bond acceptors (Lipinski definition) is 1. The van der Waals surface area contributed by atoms with Gasteiger partial charge in [-0.1, -0.05) is 76.4 Å². The van der Waals surface area contributed by atoms with E-state index < -0.39 is 11.6 Å². The van der Waals surface area contributed by atoms with Gasteiger partial charge in [0.05, 0.1) is 0 Å². The van der Waals surface area contributed by atoms with Gasteiger partial charge in [0.15, 0.2) is 11.6 Å². The number of hydrogen-bond donors (Lipinski definition) is 1. The van der Waals surface area contributed by atoms with E-state index in [4.69, 9.17) is 5.73 Å². The molecule has 0 spiro atoms. The Bertz CT molecular complexity index is 722. The van der Waals surface area contributed by atoms with E-state index in [-0.39, 0.29) is 0 Å². The van der Waals surface area contributed by atoms with Gasteiger partial charge in [-0.3, -0.25) is 0 Å². The molecule has 0 fully saturated rings. The lowest BCUT2D eigenvalue weighted by atomic mass is 9.97. The maximum atomic E-state index is 12.6. The van der Waals surface area contributed by atoms with Gasteiger partial charge in [0.2, 0.25) is 0 Å². The van der Waals surface area contributed by atoms with Crippen molar-refractivity contribution < 1.29 is 8.78 Å². The van der Waals surface area contributed by atoms with Gasteiger partial charge in [-0.25, -0.2) is 8.78 Å². The predicted octanol–water partition coefficient (Wildman–Crippen LogP) is 7.04.